The summed E-state index contributed by atoms with van der Waals surface area (Å²) in [4.78, 5) is 15.7. The molecule has 2 rings (SSSR count). The van der Waals surface area contributed by atoms with Gasteiger partial charge in [-0.3, -0.25) is 4.98 Å². The number of esters is 1. The van der Waals surface area contributed by atoms with Crippen molar-refractivity contribution in [3.05, 3.63) is 59.4 Å². The molecule has 0 amide bonds. The number of carbonyl (C=O) groups is 1. The molecule has 1 aromatic carbocycles. The molecule has 0 fully saturated rings. The molecular weight excluding hydrogens is 254 g/mol. The van der Waals surface area contributed by atoms with Crippen LogP contribution in [0.4, 0.5) is 0 Å². The molecule has 0 aliphatic carbocycles. The molecule has 0 unspecified atom stereocenters. The Morgan fingerprint density at radius 2 is 1.85 bits per heavy atom. The second-order valence-corrected chi connectivity index (χ2v) is 4.06. The lowest BCUT2D eigenvalue weighted by molar-refractivity contribution is 0.0600. The first-order chi connectivity index (χ1) is 9.74. The van der Waals surface area contributed by atoms with E-state index in [1.54, 1.807) is 25.6 Å². The van der Waals surface area contributed by atoms with Crippen LogP contribution in [0.1, 0.15) is 21.5 Å². The number of aromatic nitrogens is 1. The van der Waals surface area contributed by atoms with E-state index >= 15 is 0 Å². The maximum atomic E-state index is 11.6. The van der Waals surface area contributed by atoms with Crippen LogP contribution in [0, 0.1) is 0 Å². The predicted molar refractivity (Wildman–Crippen MR) is 77.5 cm³/mol. The van der Waals surface area contributed by atoms with Gasteiger partial charge < -0.3 is 9.47 Å². The fourth-order valence-electron chi connectivity index (χ4n) is 1.74. The van der Waals surface area contributed by atoms with Gasteiger partial charge in [0.15, 0.2) is 0 Å². The van der Waals surface area contributed by atoms with Gasteiger partial charge in [0.05, 0.1) is 19.8 Å². The van der Waals surface area contributed by atoms with Crippen LogP contribution >= 0.6 is 0 Å². The first-order valence-electron chi connectivity index (χ1n) is 6.09. The van der Waals surface area contributed by atoms with Crippen molar-refractivity contribution in [1.82, 2.24) is 4.98 Å². The zero-order valence-electron chi connectivity index (χ0n) is 11.4. The van der Waals surface area contributed by atoms with Gasteiger partial charge in [-0.2, -0.15) is 0 Å². The van der Waals surface area contributed by atoms with Gasteiger partial charge in [0.2, 0.25) is 0 Å². The average Bonchev–Trinajstić information content (AvgIpc) is 2.53. The highest BCUT2D eigenvalue weighted by Crippen LogP contribution is 2.15. The summed E-state index contributed by atoms with van der Waals surface area (Å²) in [6.07, 6.45) is 6.94. The lowest BCUT2D eigenvalue weighted by atomic mass is 10.1. The van der Waals surface area contributed by atoms with E-state index in [1.165, 1.54) is 7.11 Å². The van der Waals surface area contributed by atoms with E-state index in [-0.39, 0.29) is 5.97 Å². The summed E-state index contributed by atoms with van der Waals surface area (Å²) in [6.45, 7) is 0. The molecule has 0 aliphatic heterocycles. The molecule has 0 spiro atoms. The molecule has 0 atom stereocenters. The first-order valence-corrected chi connectivity index (χ1v) is 6.09. The molecule has 0 N–H and O–H groups in total. The van der Waals surface area contributed by atoms with Crippen LogP contribution < -0.4 is 4.74 Å². The molecule has 0 saturated heterocycles. The van der Waals surface area contributed by atoms with Crippen molar-refractivity contribution in [2.75, 3.05) is 14.2 Å². The topological polar surface area (TPSA) is 48.4 Å². The third kappa shape index (κ3) is 3.23. The van der Waals surface area contributed by atoms with Gasteiger partial charge in [-0.25, -0.2) is 4.79 Å². The van der Waals surface area contributed by atoms with Crippen molar-refractivity contribution in [1.29, 1.82) is 0 Å². The SMILES string of the molecule is COC(=O)c1ccncc1C=Cc1ccc(OC)cc1. The Labute approximate surface area is 117 Å². The highest BCUT2D eigenvalue weighted by atomic mass is 16.5. The zero-order chi connectivity index (χ0) is 14.4. The van der Waals surface area contributed by atoms with E-state index in [0.29, 0.717) is 5.56 Å². The van der Waals surface area contributed by atoms with Crippen molar-refractivity contribution in [2.24, 2.45) is 0 Å². The van der Waals surface area contributed by atoms with E-state index < -0.39 is 0 Å². The maximum Gasteiger partial charge on any atom is 0.338 e. The number of rotatable bonds is 4. The molecule has 4 heteroatoms. The van der Waals surface area contributed by atoms with E-state index in [0.717, 1.165) is 16.9 Å². The molecule has 0 saturated carbocycles. The number of hydrogen-bond donors (Lipinski definition) is 0. The summed E-state index contributed by atoms with van der Waals surface area (Å²) in [6, 6.07) is 9.26. The summed E-state index contributed by atoms with van der Waals surface area (Å²) in [5, 5.41) is 0. The summed E-state index contributed by atoms with van der Waals surface area (Å²) in [5.74, 6) is 0.431. The van der Waals surface area contributed by atoms with Crippen LogP contribution in [0.25, 0.3) is 12.2 Å². The lowest BCUT2D eigenvalue weighted by Crippen LogP contribution is -2.03. The van der Waals surface area contributed by atoms with Gasteiger partial charge in [0.25, 0.3) is 0 Å². The van der Waals surface area contributed by atoms with E-state index in [4.69, 9.17) is 9.47 Å². The minimum atomic E-state index is -0.373. The molecule has 1 aromatic heterocycles. The number of hydrogen-bond acceptors (Lipinski definition) is 4. The monoisotopic (exact) mass is 269 g/mol. The van der Waals surface area contributed by atoms with Crippen LogP contribution in [-0.2, 0) is 4.74 Å². The average molecular weight is 269 g/mol. The van der Waals surface area contributed by atoms with Crippen LogP contribution in [-0.4, -0.2) is 25.2 Å². The summed E-state index contributed by atoms with van der Waals surface area (Å²) in [5.41, 5.74) is 2.22. The minimum absolute atomic E-state index is 0.373. The minimum Gasteiger partial charge on any atom is -0.497 e. The van der Waals surface area contributed by atoms with Gasteiger partial charge in [0.1, 0.15) is 5.75 Å². The molecule has 102 valence electrons. The molecule has 1 heterocycles. The highest BCUT2D eigenvalue weighted by Gasteiger charge is 2.08. The molecule has 4 nitrogen and oxygen atoms in total. The standard InChI is InChI=1S/C16H15NO3/c1-19-14-7-4-12(5-8-14)3-6-13-11-17-10-9-15(13)16(18)20-2/h3-11H,1-2H3. The second kappa shape index (κ2) is 6.52. The smallest absolute Gasteiger partial charge is 0.338 e. The van der Waals surface area contributed by atoms with Crippen molar-refractivity contribution >= 4 is 18.1 Å². The maximum absolute atomic E-state index is 11.6. The molecule has 2 aromatic rings. The fourth-order valence-corrected chi connectivity index (χ4v) is 1.74. The van der Waals surface area contributed by atoms with Crippen molar-refractivity contribution < 1.29 is 14.3 Å². The Morgan fingerprint density at radius 1 is 1.10 bits per heavy atom. The molecule has 0 radical (unpaired) electrons. The van der Waals surface area contributed by atoms with Crippen molar-refractivity contribution in [3.8, 4) is 5.75 Å². The molecular formula is C16H15NO3. The number of ether oxygens (including phenoxy) is 2. The van der Waals surface area contributed by atoms with Crippen LogP contribution in [0.15, 0.2) is 42.7 Å². The Bertz CT molecular complexity index is 618. The summed E-state index contributed by atoms with van der Waals surface area (Å²) in [7, 11) is 2.99. The number of pyridine rings is 1. The Balaban J connectivity index is 2.24. The summed E-state index contributed by atoms with van der Waals surface area (Å²) >= 11 is 0. The number of nitrogens with zero attached hydrogens (tertiary/aromatic N) is 1. The third-order valence-electron chi connectivity index (χ3n) is 2.83. The number of carbonyl (C=O) groups excluding carboxylic acids is 1. The lowest BCUT2D eigenvalue weighted by Gasteiger charge is -2.03. The van der Waals surface area contributed by atoms with E-state index in [1.807, 2.05) is 36.4 Å². The molecule has 0 aliphatic rings. The van der Waals surface area contributed by atoms with Gasteiger partial charge in [0, 0.05) is 18.0 Å². The van der Waals surface area contributed by atoms with E-state index in [2.05, 4.69) is 4.98 Å². The summed E-state index contributed by atoms with van der Waals surface area (Å²) < 4.78 is 9.84. The van der Waals surface area contributed by atoms with E-state index in [9.17, 15) is 4.79 Å². The zero-order valence-corrected chi connectivity index (χ0v) is 11.4. The fraction of sp³-hybridized carbons (Fsp3) is 0.125. The van der Waals surface area contributed by atoms with Crippen molar-refractivity contribution in [2.45, 2.75) is 0 Å². The van der Waals surface area contributed by atoms with Gasteiger partial charge in [-0.05, 0) is 23.8 Å². The number of methoxy groups -OCH3 is 2. The Morgan fingerprint density at radius 3 is 2.50 bits per heavy atom. The van der Waals surface area contributed by atoms with Gasteiger partial charge in [-0.1, -0.05) is 24.3 Å². The second-order valence-electron chi connectivity index (χ2n) is 4.06. The molecule has 20 heavy (non-hydrogen) atoms. The quantitative estimate of drug-likeness (QED) is 0.800. The highest BCUT2D eigenvalue weighted by molar-refractivity contribution is 5.94. The third-order valence-corrected chi connectivity index (χ3v) is 2.83. The van der Waals surface area contributed by atoms with Crippen LogP contribution in [0.5, 0.6) is 5.75 Å². The van der Waals surface area contributed by atoms with Crippen LogP contribution in [0.2, 0.25) is 0 Å². The number of benzene rings is 1. The van der Waals surface area contributed by atoms with Crippen molar-refractivity contribution in [3.63, 3.8) is 0 Å². The first kappa shape index (κ1) is 13.8. The van der Waals surface area contributed by atoms with Gasteiger partial charge >= 0.3 is 5.97 Å². The largest absolute Gasteiger partial charge is 0.497 e. The normalized spacial score (nSPS) is 10.5. The Kier molecular flexibility index (Phi) is 4.50. The van der Waals surface area contributed by atoms with Crippen LogP contribution in [0.3, 0.4) is 0 Å². The Hall–Kier alpha value is -2.62. The van der Waals surface area contributed by atoms with Gasteiger partial charge in [-0.15, -0.1) is 0 Å². The molecule has 0 bridgehead atoms. The predicted octanol–water partition coefficient (Wildman–Crippen LogP) is 3.05.